The number of esters is 1. The second-order valence-corrected chi connectivity index (χ2v) is 7.86. The number of carbonyl (C=O) groups is 2. The highest BCUT2D eigenvalue weighted by Crippen LogP contribution is 2.31. The minimum Gasteiger partial charge on any atom is -0.464 e. The van der Waals surface area contributed by atoms with Gasteiger partial charge in [-0.25, -0.2) is 9.48 Å². The molecule has 8 heteroatoms. The molecule has 0 fully saturated rings. The van der Waals surface area contributed by atoms with Gasteiger partial charge in [0.05, 0.1) is 29.9 Å². The van der Waals surface area contributed by atoms with Gasteiger partial charge in [-0.15, -0.1) is 0 Å². The van der Waals surface area contributed by atoms with Gasteiger partial charge in [0.2, 0.25) is 0 Å². The van der Waals surface area contributed by atoms with E-state index < -0.39 is 5.97 Å². The third kappa shape index (κ3) is 3.46. The van der Waals surface area contributed by atoms with E-state index >= 15 is 0 Å². The van der Waals surface area contributed by atoms with Gasteiger partial charge in [-0.2, -0.15) is 5.10 Å². The van der Waals surface area contributed by atoms with Crippen molar-refractivity contribution in [3.05, 3.63) is 101 Å². The Morgan fingerprint density at radius 1 is 1.00 bits per heavy atom. The minimum atomic E-state index is -0.522. The predicted molar refractivity (Wildman–Crippen MR) is 120 cm³/mol. The van der Waals surface area contributed by atoms with Crippen LogP contribution in [-0.2, 0) is 17.8 Å². The molecule has 4 aromatic rings. The summed E-state index contributed by atoms with van der Waals surface area (Å²) in [5.74, 6) is -0.703. The quantitative estimate of drug-likeness (QED) is 0.439. The van der Waals surface area contributed by atoms with Crippen LogP contribution in [0, 0.1) is 0 Å². The van der Waals surface area contributed by atoms with Crippen molar-refractivity contribution in [2.45, 2.75) is 13.1 Å². The van der Waals surface area contributed by atoms with Crippen LogP contribution < -0.4 is 4.90 Å². The molecule has 0 bridgehead atoms. The fraction of sp³-hybridized carbons (Fsp3) is 0.125. The zero-order chi connectivity index (χ0) is 22.2. The average Bonchev–Trinajstić information content (AvgIpc) is 3.44. The van der Waals surface area contributed by atoms with Gasteiger partial charge in [0, 0.05) is 30.3 Å². The van der Waals surface area contributed by atoms with Crippen molar-refractivity contribution in [3.8, 4) is 5.69 Å². The third-order valence-corrected chi connectivity index (χ3v) is 5.86. The van der Waals surface area contributed by atoms with E-state index in [4.69, 9.17) is 16.3 Å². The fourth-order valence-corrected chi connectivity index (χ4v) is 4.17. The van der Waals surface area contributed by atoms with Gasteiger partial charge in [0.1, 0.15) is 0 Å². The van der Waals surface area contributed by atoms with Crippen LogP contribution in [0.5, 0.6) is 0 Å². The number of fused-ring (bicyclic) bond motifs is 2. The Balaban J connectivity index is 1.49. The van der Waals surface area contributed by atoms with Crippen LogP contribution in [0.1, 0.15) is 32.1 Å². The van der Waals surface area contributed by atoms with E-state index in [1.807, 2.05) is 42.6 Å². The zero-order valence-corrected chi connectivity index (χ0v) is 18.0. The Bertz CT molecular complexity index is 1340. The summed E-state index contributed by atoms with van der Waals surface area (Å²) in [6, 6.07) is 18.6. The van der Waals surface area contributed by atoms with Crippen LogP contribution >= 0.6 is 11.6 Å². The molecule has 1 aliphatic rings. The maximum absolute atomic E-state index is 13.6. The van der Waals surface area contributed by atoms with E-state index in [0.717, 1.165) is 16.9 Å². The molecule has 7 nitrogen and oxygen atoms in total. The second kappa shape index (κ2) is 8.01. The van der Waals surface area contributed by atoms with Crippen LogP contribution in [-0.4, -0.2) is 33.3 Å². The number of nitrogens with zero attached hydrogens (tertiary/aromatic N) is 4. The number of aromatic nitrogens is 3. The Morgan fingerprint density at radius 2 is 1.84 bits per heavy atom. The smallest absolute Gasteiger partial charge is 0.358 e. The van der Waals surface area contributed by atoms with E-state index in [2.05, 4.69) is 9.67 Å². The van der Waals surface area contributed by atoms with Crippen LogP contribution in [0.15, 0.2) is 73.1 Å². The SMILES string of the molecule is COC(=O)c1ccn(-c2ccc(C(=O)N3Cc4cccn4Cc4ccccc43)c(Cl)c2)n1. The third-order valence-electron chi connectivity index (χ3n) is 5.54. The van der Waals surface area contributed by atoms with Crippen molar-refractivity contribution in [1.82, 2.24) is 14.3 Å². The molecule has 32 heavy (non-hydrogen) atoms. The lowest BCUT2D eigenvalue weighted by Crippen LogP contribution is -2.30. The molecule has 1 aliphatic heterocycles. The molecule has 2 aromatic carbocycles. The van der Waals surface area contributed by atoms with Crippen LogP contribution in [0.25, 0.3) is 5.69 Å². The van der Waals surface area contributed by atoms with Crippen LogP contribution in [0.3, 0.4) is 0 Å². The molecular weight excluding hydrogens is 428 g/mol. The topological polar surface area (TPSA) is 69.4 Å². The van der Waals surface area contributed by atoms with Gasteiger partial charge in [0.25, 0.3) is 5.91 Å². The van der Waals surface area contributed by atoms with Gasteiger partial charge in [-0.1, -0.05) is 29.8 Å². The summed E-state index contributed by atoms with van der Waals surface area (Å²) in [5, 5.41) is 4.51. The second-order valence-electron chi connectivity index (χ2n) is 7.45. The maximum atomic E-state index is 13.6. The first-order valence-corrected chi connectivity index (χ1v) is 10.4. The summed E-state index contributed by atoms with van der Waals surface area (Å²) in [5.41, 5.74) is 4.20. The molecule has 1 amide bonds. The van der Waals surface area contributed by atoms with Gasteiger partial charge in [0.15, 0.2) is 5.69 Å². The highest BCUT2D eigenvalue weighted by Gasteiger charge is 2.26. The number of methoxy groups -OCH3 is 1. The Labute approximate surface area is 189 Å². The van der Waals surface area contributed by atoms with E-state index in [9.17, 15) is 9.59 Å². The Kier molecular flexibility index (Phi) is 5.03. The standard InChI is InChI=1S/C24H19ClN4O3/c1-32-24(31)21-10-12-29(26-21)17-8-9-19(20(25)13-17)23(30)28-15-18-6-4-11-27(18)14-16-5-2-3-7-22(16)28/h2-13H,14-15H2,1H3. The average molecular weight is 447 g/mol. The summed E-state index contributed by atoms with van der Waals surface area (Å²) in [6.07, 6.45) is 3.66. The number of rotatable bonds is 3. The molecule has 2 aromatic heterocycles. The number of carbonyl (C=O) groups excluding carboxylic acids is 2. The van der Waals surface area contributed by atoms with Gasteiger partial charge in [-0.05, 0) is 48.0 Å². The van der Waals surface area contributed by atoms with E-state index in [0.29, 0.717) is 29.4 Å². The van der Waals surface area contributed by atoms with Crippen molar-refractivity contribution < 1.29 is 14.3 Å². The minimum absolute atomic E-state index is 0.181. The maximum Gasteiger partial charge on any atom is 0.358 e. The van der Waals surface area contributed by atoms with E-state index in [-0.39, 0.29) is 11.6 Å². The van der Waals surface area contributed by atoms with E-state index in [1.165, 1.54) is 11.8 Å². The molecule has 3 heterocycles. The molecule has 0 aliphatic carbocycles. The first-order chi connectivity index (χ1) is 15.5. The highest BCUT2D eigenvalue weighted by molar-refractivity contribution is 6.34. The molecule has 0 saturated heterocycles. The van der Waals surface area contributed by atoms with Crippen molar-refractivity contribution >= 4 is 29.2 Å². The lowest BCUT2D eigenvalue weighted by Gasteiger charge is -2.23. The Hall–Kier alpha value is -3.84. The summed E-state index contributed by atoms with van der Waals surface area (Å²) < 4.78 is 8.35. The van der Waals surface area contributed by atoms with Crippen molar-refractivity contribution in [1.29, 1.82) is 0 Å². The monoisotopic (exact) mass is 446 g/mol. The lowest BCUT2D eigenvalue weighted by molar-refractivity contribution is 0.0593. The van der Waals surface area contributed by atoms with Crippen LogP contribution in [0.4, 0.5) is 5.69 Å². The normalized spacial score (nSPS) is 12.6. The molecule has 160 valence electrons. The number of amides is 1. The summed E-state index contributed by atoms with van der Waals surface area (Å²) in [7, 11) is 1.30. The number of ether oxygens (including phenoxy) is 1. The first kappa shape index (κ1) is 20.1. The van der Waals surface area contributed by atoms with Crippen LogP contribution in [0.2, 0.25) is 5.02 Å². The number of para-hydroxylation sites is 1. The molecule has 0 radical (unpaired) electrons. The van der Waals surface area contributed by atoms with E-state index in [1.54, 1.807) is 35.4 Å². The fourth-order valence-electron chi connectivity index (χ4n) is 3.91. The number of hydrogen-bond donors (Lipinski definition) is 0. The van der Waals surface area contributed by atoms with Crippen molar-refractivity contribution in [2.24, 2.45) is 0 Å². The van der Waals surface area contributed by atoms with Crippen molar-refractivity contribution in [3.63, 3.8) is 0 Å². The van der Waals surface area contributed by atoms with Gasteiger partial charge < -0.3 is 14.2 Å². The van der Waals surface area contributed by atoms with Gasteiger partial charge in [-0.3, -0.25) is 4.79 Å². The van der Waals surface area contributed by atoms with Crippen molar-refractivity contribution in [2.75, 3.05) is 12.0 Å². The number of benzene rings is 2. The molecule has 0 spiro atoms. The molecule has 0 N–H and O–H groups in total. The first-order valence-electron chi connectivity index (χ1n) is 10.0. The Morgan fingerprint density at radius 3 is 2.66 bits per heavy atom. The number of hydrogen-bond acceptors (Lipinski definition) is 4. The molecule has 0 unspecified atom stereocenters. The zero-order valence-electron chi connectivity index (χ0n) is 17.2. The lowest BCUT2D eigenvalue weighted by atomic mass is 10.1. The highest BCUT2D eigenvalue weighted by atomic mass is 35.5. The molecule has 0 saturated carbocycles. The summed E-state index contributed by atoms with van der Waals surface area (Å²) in [4.78, 5) is 27.0. The largest absolute Gasteiger partial charge is 0.464 e. The predicted octanol–water partition coefficient (Wildman–Crippen LogP) is 4.32. The molecule has 5 rings (SSSR count). The summed E-state index contributed by atoms with van der Waals surface area (Å²) >= 11 is 6.55. The number of halogens is 1. The molecule has 0 atom stereocenters. The summed E-state index contributed by atoms with van der Waals surface area (Å²) in [6.45, 7) is 1.15. The molecular formula is C24H19ClN4O3. The number of anilines is 1. The van der Waals surface area contributed by atoms with Gasteiger partial charge >= 0.3 is 5.97 Å².